The number of nitro benzene ring substituents is 1. The Balaban J connectivity index is 0.00000240. The van der Waals surface area contributed by atoms with Crippen LogP contribution in [0.4, 0.5) is 11.6 Å². The SMILES string of the molecule is COc1ccc(CN2c3nccc[n+]3CC2(O)c2ccc([N+](=O)[O-])cc2)cc1.[Br-]. The topological polar surface area (TPSA) is 92.6 Å². The number of hydrogen-bond donors (Lipinski definition) is 1. The molecule has 1 aromatic heterocycles. The molecule has 3 aromatic rings. The zero-order chi connectivity index (χ0) is 19.7. The molecule has 0 saturated heterocycles. The lowest BCUT2D eigenvalue weighted by Gasteiger charge is -2.28. The van der Waals surface area contributed by atoms with Crippen LogP contribution in [0.15, 0.2) is 67.0 Å². The van der Waals surface area contributed by atoms with Crippen LogP contribution in [-0.4, -0.2) is 22.1 Å². The summed E-state index contributed by atoms with van der Waals surface area (Å²) in [5.74, 6) is 1.38. The van der Waals surface area contributed by atoms with E-state index in [0.29, 0.717) is 18.1 Å². The van der Waals surface area contributed by atoms with E-state index in [1.807, 2.05) is 35.0 Å². The van der Waals surface area contributed by atoms with Crippen molar-refractivity contribution < 1.29 is 36.3 Å². The molecule has 8 nitrogen and oxygen atoms in total. The monoisotopic (exact) mass is 458 g/mol. The van der Waals surface area contributed by atoms with E-state index in [4.69, 9.17) is 4.74 Å². The Labute approximate surface area is 177 Å². The van der Waals surface area contributed by atoms with Gasteiger partial charge in [-0.3, -0.25) is 10.1 Å². The van der Waals surface area contributed by atoms with Crippen LogP contribution in [0.2, 0.25) is 0 Å². The zero-order valence-corrected chi connectivity index (χ0v) is 17.2. The van der Waals surface area contributed by atoms with Crippen LogP contribution in [-0.2, 0) is 18.8 Å². The number of anilines is 1. The third-order valence-corrected chi connectivity index (χ3v) is 4.92. The molecule has 0 spiro atoms. The van der Waals surface area contributed by atoms with Crippen LogP contribution in [0, 0.1) is 10.1 Å². The fourth-order valence-corrected chi connectivity index (χ4v) is 3.44. The van der Waals surface area contributed by atoms with Crippen molar-refractivity contribution in [1.82, 2.24) is 4.98 Å². The van der Waals surface area contributed by atoms with Gasteiger partial charge in [-0.05, 0) is 29.8 Å². The van der Waals surface area contributed by atoms with Crippen LogP contribution in [0.1, 0.15) is 11.1 Å². The molecule has 9 heteroatoms. The van der Waals surface area contributed by atoms with Gasteiger partial charge in [-0.15, -0.1) is 0 Å². The Bertz CT molecular complexity index is 1010. The minimum absolute atomic E-state index is 0. The fourth-order valence-electron chi connectivity index (χ4n) is 3.44. The van der Waals surface area contributed by atoms with E-state index in [9.17, 15) is 15.2 Å². The Morgan fingerprint density at radius 3 is 2.55 bits per heavy atom. The molecule has 150 valence electrons. The van der Waals surface area contributed by atoms with E-state index in [2.05, 4.69) is 4.98 Å². The number of hydrogen-bond acceptors (Lipinski definition) is 6. The molecular weight excluding hydrogens is 440 g/mol. The Morgan fingerprint density at radius 1 is 1.24 bits per heavy atom. The van der Waals surface area contributed by atoms with Gasteiger partial charge >= 0.3 is 5.95 Å². The highest BCUT2D eigenvalue weighted by Crippen LogP contribution is 2.35. The maximum absolute atomic E-state index is 11.6. The predicted molar refractivity (Wildman–Crippen MR) is 101 cm³/mol. The number of benzene rings is 2. The van der Waals surface area contributed by atoms with Crippen LogP contribution < -0.4 is 31.2 Å². The van der Waals surface area contributed by atoms with E-state index in [0.717, 1.165) is 11.3 Å². The highest BCUT2D eigenvalue weighted by atomic mass is 79.9. The zero-order valence-electron chi connectivity index (χ0n) is 15.6. The molecule has 0 radical (unpaired) electrons. The quantitative estimate of drug-likeness (QED) is 0.304. The van der Waals surface area contributed by atoms with Crippen LogP contribution >= 0.6 is 0 Å². The summed E-state index contributed by atoms with van der Waals surface area (Å²) in [5.41, 5.74) is 0.142. The molecule has 1 atom stereocenters. The van der Waals surface area contributed by atoms with Gasteiger partial charge in [0.2, 0.25) is 5.72 Å². The summed E-state index contributed by atoms with van der Waals surface area (Å²) in [5, 5.41) is 22.6. The molecule has 1 aliphatic rings. The van der Waals surface area contributed by atoms with Crippen molar-refractivity contribution in [3.63, 3.8) is 0 Å². The summed E-state index contributed by atoms with van der Waals surface area (Å²) in [6.45, 7) is 0.679. The third kappa shape index (κ3) is 3.79. The lowest BCUT2D eigenvalue weighted by molar-refractivity contribution is -0.685. The summed E-state index contributed by atoms with van der Waals surface area (Å²) < 4.78 is 7.07. The number of aliphatic hydroxyl groups is 1. The highest BCUT2D eigenvalue weighted by Gasteiger charge is 2.51. The van der Waals surface area contributed by atoms with E-state index in [1.165, 1.54) is 12.1 Å². The number of aromatic nitrogens is 2. The van der Waals surface area contributed by atoms with Gasteiger partial charge in [0.1, 0.15) is 18.5 Å². The smallest absolute Gasteiger partial charge is 0.397 e. The van der Waals surface area contributed by atoms with Crippen molar-refractivity contribution in [2.24, 2.45) is 0 Å². The van der Waals surface area contributed by atoms with Gasteiger partial charge in [0, 0.05) is 23.8 Å². The van der Waals surface area contributed by atoms with Gasteiger partial charge in [-0.2, -0.15) is 0 Å². The Hall–Kier alpha value is -3.04. The van der Waals surface area contributed by atoms with Crippen molar-refractivity contribution in [3.05, 3.63) is 88.2 Å². The molecule has 1 aliphatic heterocycles. The molecule has 0 saturated carbocycles. The maximum atomic E-state index is 11.6. The molecule has 1 N–H and O–H groups in total. The molecule has 0 bridgehead atoms. The van der Waals surface area contributed by atoms with Crippen LogP contribution in [0.3, 0.4) is 0 Å². The van der Waals surface area contributed by atoms with Gasteiger partial charge in [-0.1, -0.05) is 17.1 Å². The maximum Gasteiger partial charge on any atom is 0.397 e. The minimum Gasteiger partial charge on any atom is -1.00 e. The first kappa shape index (κ1) is 20.7. The fraction of sp³-hybridized carbons (Fsp3) is 0.200. The second-order valence-corrected chi connectivity index (χ2v) is 6.60. The van der Waals surface area contributed by atoms with Crippen molar-refractivity contribution in [2.45, 2.75) is 18.8 Å². The van der Waals surface area contributed by atoms with Crippen molar-refractivity contribution in [3.8, 4) is 5.75 Å². The van der Waals surface area contributed by atoms with E-state index >= 15 is 0 Å². The number of nitrogens with zero attached hydrogens (tertiary/aromatic N) is 4. The van der Waals surface area contributed by atoms with Gasteiger partial charge in [0.25, 0.3) is 5.69 Å². The Kier molecular flexibility index (Phi) is 5.81. The summed E-state index contributed by atoms with van der Waals surface area (Å²) in [6.07, 6.45) is 3.53. The number of methoxy groups -OCH3 is 1. The van der Waals surface area contributed by atoms with Crippen molar-refractivity contribution >= 4 is 11.6 Å². The molecule has 0 amide bonds. The minimum atomic E-state index is -1.38. The number of nitro groups is 1. The van der Waals surface area contributed by atoms with E-state index < -0.39 is 10.6 Å². The molecule has 2 aromatic carbocycles. The molecule has 1 unspecified atom stereocenters. The number of ether oxygens (including phenoxy) is 1. The largest absolute Gasteiger partial charge is 1.00 e. The summed E-state index contributed by atoms with van der Waals surface area (Å²) in [7, 11) is 1.61. The van der Waals surface area contributed by atoms with E-state index in [1.54, 1.807) is 36.4 Å². The standard InChI is InChI=1S/C20H19N4O4.BrH/c1-28-18-9-3-15(4-10-18)13-23-19-21-11-2-12-22(19)14-20(23,25)16-5-7-17(8-6-16)24(26)27;/h2-12,25H,13-14H2,1H3;1H/q+1;/p-1. The average Bonchev–Trinajstić information content (AvgIpc) is 3.01. The predicted octanol–water partition coefficient (Wildman–Crippen LogP) is -0.845. The first-order valence-electron chi connectivity index (χ1n) is 8.73. The van der Waals surface area contributed by atoms with Crippen molar-refractivity contribution in [1.29, 1.82) is 0 Å². The number of halogens is 1. The van der Waals surface area contributed by atoms with Gasteiger partial charge in [0.15, 0.2) is 0 Å². The average molecular weight is 459 g/mol. The summed E-state index contributed by atoms with van der Waals surface area (Å²) in [4.78, 5) is 16.7. The lowest BCUT2D eigenvalue weighted by atomic mass is 10.0. The molecule has 29 heavy (non-hydrogen) atoms. The Morgan fingerprint density at radius 2 is 1.93 bits per heavy atom. The summed E-state index contributed by atoms with van der Waals surface area (Å²) in [6, 6.07) is 15.4. The van der Waals surface area contributed by atoms with E-state index in [-0.39, 0.29) is 29.2 Å². The molecule has 0 fully saturated rings. The second kappa shape index (κ2) is 8.14. The number of fused-ring (bicyclic) bond motifs is 1. The molecule has 0 aliphatic carbocycles. The third-order valence-electron chi connectivity index (χ3n) is 4.92. The molecule has 2 heterocycles. The summed E-state index contributed by atoms with van der Waals surface area (Å²) >= 11 is 0. The number of non-ortho nitro benzene ring substituents is 1. The van der Waals surface area contributed by atoms with Crippen LogP contribution in [0.25, 0.3) is 0 Å². The highest BCUT2D eigenvalue weighted by molar-refractivity contribution is 5.43. The molecular formula is C20H19BrN4O4. The molecule has 4 rings (SSSR count). The van der Waals surface area contributed by atoms with Gasteiger partial charge in [0.05, 0.1) is 24.8 Å². The first-order valence-corrected chi connectivity index (χ1v) is 8.73. The van der Waals surface area contributed by atoms with Gasteiger partial charge < -0.3 is 26.8 Å². The van der Waals surface area contributed by atoms with Gasteiger partial charge in [-0.25, -0.2) is 9.47 Å². The normalized spacial score (nSPS) is 17.4. The first-order chi connectivity index (χ1) is 13.5. The lowest BCUT2D eigenvalue weighted by Crippen LogP contribution is -3.00. The number of rotatable bonds is 5. The second-order valence-electron chi connectivity index (χ2n) is 6.60. The van der Waals surface area contributed by atoms with Crippen LogP contribution in [0.5, 0.6) is 5.75 Å². The van der Waals surface area contributed by atoms with Crippen molar-refractivity contribution in [2.75, 3.05) is 12.0 Å².